The number of rotatable bonds is 3. The number of aryl methyl sites for hydroxylation is 2. The molecule has 19 heavy (non-hydrogen) atoms. The lowest BCUT2D eigenvalue weighted by atomic mass is 10.1. The Morgan fingerprint density at radius 2 is 1.84 bits per heavy atom. The number of carbonyl (C=O) groups is 1. The molecule has 0 atom stereocenters. The van der Waals surface area contributed by atoms with Crippen LogP contribution in [0.3, 0.4) is 0 Å². The zero-order valence-corrected chi connectivity index (χ0v) is 11.4. The van der Waals surface area contributed by atoms with Crippen molar-refractivity contribution in [3.63, 3.8) is 0 Å². The number of hydrogen-bond donors (Lipinski definition) is 0. The molecular formula is C16H17NO2. The van der Waals surface area contributed by atoms with Crippen LogP contribution < -0.4 is 0 Å². The van der Waals surface area contributed by atoms with Gasteiger partial charge in [0.25, 0.3) is 0 Å². The Labute approximate surface area is 113 Å². The van der Waals surface area contributed by atoms with E-state index in [1.54, 1.807) is 0 Å². The maximum Gasteiger partial charge on any atom is 0.357 e. The zero-order valence-electron chi connectivity index (χ0n) is 11.4. The van der Waals surface area contributed by atoms with Gasteiger partial charge in [0.2, 0.25) is 0 Å². The van der Waals surface area contributed by atoms with Crippen molar-refractivity contribution < 1.29 is 9.53 Å². The maximum absolute atomic E-state index is 12.1. The van der Waals surface area contributed by atoms with Gasteiger partial charge in [0.1, 0.15) is 6.61 Å². The summed E-state index contributed by atoms with van der Waals surface area (Å²) in [5, 5.41) is 0. The second-order valence-electron chi connectivity index (χ2n) is 4.62. The minimum absolute atomic E-state index is 0.272. The summed E-state index contributed by atoms with van der Waals surface area (Å²) in [6.07, 6.45) is 0. The first-order valence-corrected chi connectivity index (χ1v) is 6.24. The second-order valence-corrected chi connectivity index (χ2v) is 4.62. The molecule has 0 bridgehead atoms. The average Bonchev–Trinajstić information content (AvgIpc) is 2.41. The van der Waals surface area contributed by atoms with Crippen LogP contribution in [0.5, 0.6) is 0 Å². The molecule has 1 aromatic heterocycles. The summed E-state index contributed by atoms with van der Waals surface area (Å²) < 4.78 is 5.30. The van der Waals surface area contributed by atoms with Gasteiger partial charge in [-0.15, -0.1) is 0 Å². The molecule has 2 aromatic rings. The van der Waals surface area contributed by atoms with Crippen molar-refractivity contribution in [2.75, 3.05) is 0 Å². The topological polar surface area (TPSA) is 39.2 Å². The highest BCUT2D eigenvalue weighted by Gasteiger charge is 2.14. The number of carbonyl (C=O) groups excluding carboxylic acids is 1. The van der Waals surface area contributed by atoms with E-state index in [0.717, 1.165) is 22.4 Å². The number of nitrogens with zero attached hydrogens (tertiary/aromatic N) is 1. The van der Waals surface area contributed by atoms with E-state index in [0.29, 0.717) is 5.69 Å². The largest absolute Gasteiger partial charge is 0.456 e. The monoisotopic (exact) mass is 255 g/mol. The van der Waals surface area contributed by atoms with Crippen molar-refractivity contribution in [3.05, 3.63) is 64.5 Å². The molecule has 0 fully saturated rings. The van der Waals surface area contributed by atoms with Gasteiger partial charge >= 0.3 is 5.97 Å². The molecule has 3 nitrogen and oxygen atoms in total. The smallest absolute Gasteiger partial charge is 0.357 e. The summed E-state index contributed by atoms with van der Waals surface area (Å²) in [5.74, 6) is -0.367. The molecule has 2 rings (SSSR count). The number of pyridine rings is 1. The highest BCUT2D eigenvalue weighted by atomic mass is 16.5. The predicted octanol–water partition coefficient (Wildman–Crippen LogP) is 3.36. The van der Waals surface area contributed by atoms with E-state index in [2.05, 4.69) is 4.98 Å². The van der Waals surface area contributed by atoms with Crippen LogP contribution >= 0.6 is 0 Å². The van der Waals surface area contributed by atoms with E-state index in [-0.39, 0.29) is 12.6 Å². The average molecular weight is 255 g/mol. The molecule has 1 heterocycles. The molecule has 3 heteroatoms. The Hall–Kier alpha value is -2.16. The van der Waals surface area contributed by atoms with Gasteiger partial charge in [0.05, 0.1) is 0 Å². The van der Waals surface area contributed by atoms with Crippen LogP contribution in [0, 0.1) is 20.8 Å². The molecule has 1 aromatic carbocycles. The number of ether oxygens (including phenoxy) is 1. The van der Waals surface area contributed by atoms with Gasteiger partial charge in [0, 0.05) is 5.69 Å². The van der Waals surface area contributed by atoms with Crippen molar-refractivity contribution in [2.24, 2.45) is 0 Å². The van der Waals surface area contributed by atoms with Crippen LogP contribution in [0.15, 0.2) is 36.4 Å². The first kappa shape index (κ1) is 13.3. The van der Waals surface area contributed by atoms with Crippen molar-refractivity contribution in [1.29, 1.82) is 0 Å². The van der Waals surface area contributed by atoms with E-state index < -0.39 is 0 Å². The molecule has 0 aliphatic carbocycles. The summed E-state index contributed by atoms with van der Waals surface area (Å²) in [5.41, 5.74) is 4.14. The first-order chi connectivity index (χ1) is 9.08. The second kappa shape index (κ2) is 5.65. The minimum Gasteiger partial charge on any atom is -0.456 e. The van der Waals surface area contributed by atoms with Gasteiger partial charge in [-0.05, 0) is 43.5 Å². The van der Waals surface area contributed by atoms with E-state index >= 15 is 0 Å². The third-order valence-electron chi connectivity index (χ3n) is 3.07. The quantitative estimate of drug-likeness (QED) is 0.789. The Kier molecular flexibility index (Phi) is 3.95. The Bertz CT molecular complexity index is 591. The van der Waals surface area contributed by atoms with Crippen molar-refractivity contribution in [3.8, 4) is 0 Å². The summed E-state index contributed by atoms with van der Waals surface area (Å²) >= 11 is 0. The molecule has 0 unspecified atom stereocenters. The number of aromatic nitrogens is 1. The number of esters is 1. The third-order valence-corrected chi connectivity index (χ3v) is 3.07. The van der Waals surface area contributed by atoms with Crippen molar-refractivity contribution in [1.82, 2.24) is 4.98 Å². The van der Waals surface area contributed by atoms with Crippen LogP contribution in [0.2, 0.25) is 0 Å². The normalized spacial score (nSPS) is 10.3. The fourth-order valence-corrected chi connectivity index (χ4v) is 1.89. The predicted molar refractivity (Wildman–Crippen MR) is 74.0 cm³/mol. The van der Waals surface area contributed by atoms with Crippen molar-refractivity contribution in [2.45, 2.75) is 27.4 Å². The molecular weight excluding hydrogens is 238 g/mol. The Morgan fingerprint density at radius 1 is 1.16 bits per heavy atom. The van der Waals surface area contributed by atoms with E-state index in [1.165, 1.54) is 0 Å². The van der Waals surface area contributed by atoms with E-state index in [9.17, 15) is 4.79 Å². The molecule has 98 valence electrons. The fourth-order valence-electron chi connectivity index (χ4n) is 1.89. The molecule has 0 N–H and O–H groups in total. The summed E-state index contributed by atoms with van der Waals surface area (Å²) in [7, 11) is 0. The molecule has 0 aliphatic rings. The number of benzene rings is 1. The lowest BCUT2D eigenvalue weighted by molar-refractivity contribution is 0.0464. The van der Waals surface area contributed by atoms with E-state index in [4.69, 9.17) is 4.74 Å². The molecule has 0 radical (unpaired) electrons. The fraction of sp³-hybridized carbons (Fsp3) is 0.250. The van der Waals surface area contributed by atoms with Gasteiger partial charge in [-0.3, -0.25) is 0 Å². The highest BCUT2D eigenvalue weighted by Crippen LogP contribution is 2.14. The standard InChI is InChI=1S/C16H17NO2/c1-11-9-12(2)17-15(13(11)3)16(18)19-10-14-7-5-4-6-8-14/h4-9H,10H2,1-3H3. The summed E-state index contributed by atoms with van der Waals surface area (Å²) in [6, 6.07) is 11.6. The molecule has 0 amide bonds. The molecule has 0 saturated carbocycles. The van der Waals surface area contributed by atoms with Gasteiger partial charge in [0.15, 0.2) is 5.69 Å². The third kappa shape index (κ3) is 3.19. The minimum atomic E-state index is -0.367. The van der Waals surface area contributed by atoms with Crippen molar-refractivity contribution >= 4 is 5.97 Å². The maximum atomic E-state index is 12.1. The van der Waals surface area contributed by atoms with E-state index in [1.807, 2.05) is 57.2 Å². The summed E-state index contributed by atoms with van der Waals surface area (Å²) in [6.45, 7) is 6.01. The Morgan fingerprint density at radius 3 is 2.53 bits per heavy atom. The zero-order chi connectivity index (χ0) is 13.8. The highest BCUT2D eigenvalue weighted by molar-refractivity contribution is 5.89. The van der Waals surface area contributed by atoms with Gasteiger partial charge in [-0.2, -0.15) is 0 Å². The molecule has 0 saturated heterocycles. The Balaban J connectivity index is 2.13. The van der Waals surface area contributed by atoms with Gasteiger partial charge in [-0.25, -0.2) is 9.78 Å². The number of hydrogen-bond acceptors (Lipinski definition) is 3. The lowest BCUT2D eigenvalue weighted by Gasteiger charge is -2.09. The van der Waals surface area contributed by atoms with Crippen LogP contribution in [-0.2, 0) is 11.3 Å². The lowest BCUT2D eigenvalue weighted by Crippen LogP contribution is -2.11. The van der Waals surface area contributed by atoms with Gasteiger partial charge in [-0.1, -0.05) is 30.3 Å². The first-order valence-electron chi connectivity index (χ1n) is 6.24. The molecule has 0 spiro atoms. The van der Waals surface area contributed by atoms with Crippen LogP contribution in [0.4, 0.5) is 0 Å². The molecule has 0 aliphatic heterocycles. The van der Waals surface area contributed by atoms with Crippen LogP contribution in [0.25, 0.3) is 0 Å². The summed E-state index contributed by atoms with van der Waals surface area (Å²) in [4.78, 5) is 16.3. The SMILES string of the molecule is Cc1cc(C)c(C)c(C(=O)OCc2ccccc2)n1. The van der Waals surface area contributed by atoms with Crippen LogP contribution in [0.1, 0.15) is 32.9 Å². The van der Waals surface area contributed by atoms with Crippen LogP contribution in [-0.4, -0.2) is 11.0 Å². The van der Waals surface area contributed by atoms with Gasteiger partial charge < -0.3 is 4.74 Å².